The number of phenolic OH excluding ortho intramolecular Hbond substituents is 3. The summed E-state index contributed by atoms with van der Waals surface area (Å²) in [6, 6.07) is 27.7. The fraction of sp³-hybridized carbons (Fsp3) is 0.0357. The van der Waals surface area contributed by atoms with Gasteiger partial charge in [-0.15, -0.1) is 0 Å². The largest absolute Gasteiger partial charge is 0.508 e. The van der Waals surface area contributed by atoms with Crippen LogP contribution in [0.25, 0.3) is 22.3 Å². The average Bonchev–Trinajstić information content (AvgIpc) is 3.37. The van der Waals surface area contributed by atoms with E-state index >= 15 is 0 Å². The summed E-state index contributed by atoms with van der Waals surface area (Å²) >= 11 is 0. The highest BCUT2D eigenvalue weighted by atomic mass is 16.3. The van der Waals surface area contributed by atoms with Crippen molar-refractivity contribution in [3.8, 4) is 39.5 Å². The van der Waals surface area contributed by atoms with E-state index in [1.54, 1.807) is 36.8 Å². The fourth-order valence-corrected chi connectivity index (χ4v) is 4.14. The lowest BCUT2D eigenvalue weighted by Crippen LogP contribution is -2.05. The number of aromatic nitrogens is 2. The third kappa shape index (κ3) is 4.04. The zero-order valence-corrected chi connectivity index (χ0v) is 17.7. The van der Waals surface area contributed by atoms with E-state index in [0.29, 0.717) is 11.1 Å². The zero-order valence-electron chi connectivity index (χ0n) is 17.7. The maximum Gasteiger partial charge on any atom is 0.119 e. The Morgan fingerprint density at radius 2 is 1.15 bits per heavy atom. The maximum absolute atomic E-state index is 10.9. The molecule has 0 aliphatic heterocycles. The first-order valence-corrected chi connectivity index (χ1v) is 10.6. The molecular weight excluding hydrogens is 412 g/mol. The van der Waals surface area contributed by atoms with Crippen molar-refractivity contribution in [2.45, 2.75) is 5.92 Å². The summed E-state index contributed by atoms with van der Waals surface area (Å²) < 4.78 is 0. The molecule has 1 aromatic heterocycles. The van der Waals surface area contributed by atoms with Crippen LogP contribution in [0.1, 0.15) is 22.7 Å². The van der Waals surface area contributed by atoms with E-state index in [2.05, 4.69) is 9.97 Å². The molecule has 4 N–H and O–H groups in total. The van der Waals surface area contributed by atoms with E-state index in [9.17, 15) is 15.3 Å². The molecule has 0 spiro atoms. The van der Waals surface area contributed by atoms with Gasteiger partial charge in [0, 0.05) is 23.0 Å². The number of nitrogens with one attached hydrogen (secondary N) is 1. The molecule has 0 radical (unpaired) electrons. The van der Waals surface area contributed by atoms with Crippen LogP contribution >= 0.6 is 0 Å². The molecule has 0 saturated heterocycles. The standard InChI is InChI=1S/C28H22N2O3/c31-22-10-6-19(7-11-22)21-9-13-27(33)24(15-21)28(25-16-29-17-30-25)23-14-20(8-12-26(23)32)18-4-2-1-3-5-18/h1-17,28,31-33H,(H,29,30). The summed E-state index contributed by atoms with van der Waals surface area (Å²) in [5.74, 6) is -0.0469. The van der Waals surface area contributed by atoms with Crippen molar-refractivity contribution in [1.29, 1.82) is 0 Å². The Labute approximate surface area is 191 Å². The Bertz CT molecular complexity index is 1380. The second-order valence-electron chi connectivity index (χ2n) is 7.90. The fourth-order valence-electron chi connectivity index (χ4n) is 4.14. The second kappa shape index (κ2) is 8.55. The molecule has 1 atom stereocenters. The number of imidazole rings is 1. The van der Waals surface area contributed by atoms with Gasteiger partial charge in [0.05, 0.1) is 12.2 Å². The van der Waals surface area contributed by atoms with Gasteiger partial charge in [-0.3, -0.25) is 0 Å². The normalized spacial score (nSPS) is 11.9. The SMILES string of the molecule is Oc1ccc(-c2ccc(O)c(C(c3cnc[nH]3)c3cc(-c4ccccc4)ccc3O)c2)cc1. The first kappa shape index (κ1) is 20.4. The number of aromatic amines is 1. The molecule has 162 valence electrons. The van der Waals surface area contributed by atoms with Crippen molar-refractivity contribution < 1.29 is 15.3 Å². The van der Waals surface area contributed by atoms with E-state index in [1.165, 1.54) is 0 Å². The Morgan fingerprint density at radius 1 is 0.606 bits per heavy atom. The highest BCUT2D eigenvalue weighted by Gasteiger charge is 2.25. The van der Waals surface area contributed by atoms with Crippen molar-refractivity contribution in [2.75, 3.05) is 0 Å². The lowest BCUT2D eigenvalue weighted by Gasteiger charge is -2.21. The predicted octanol–water partition coefficient (Wildman–Crippen LogP) is 6.04. The van der Waals surface area contributed by atoms with Gasteiger partial charge in [0.2, 0.25) is 0 Å². The van der Waals surface area contributed by atoms with Crippen molar-refractivity contribution in [1.82, 2.24) is 9.97 Å². The molecule has 5 nitrogen and oxygen atoms in total. The van der Waals surface area contributed by atoms with Crippen LogP contribution < -0.4 is 0 Å². The smallest absolute Gasteiger partial charge is 0.119 e. The van der Waals surface area contributed by atoms with Crippen LogP contribution in [0.2, 0.25) is 0 Å². The van der Waals surface area contributed by atoms with Crippen LogP contribution in [0.5, 0.6) is 17.2 Å². The number of benzene rings is 4. The molecule has 0 saturated carbocycles. The molecule has 5 rings (SSSR count). The van der Waals surface area contributed by atoms with Gasteiger partial charge in [0.15, 0.2) is 0 Å². The van der Waals surface area contributed by atoms with Crippen LogP contribution in [-0.2, 0) is 0 Å². The number of hydrogen-bond donors (Lipinski definition) is 4. The molecule has 1 heterocycles. The van der Waals surface area contributed by atoms with E-state index in [-0.39, 0.29) is 17.2 Å². The van der Waals surface area contributed by atoms with E-state index in [4.69, 9.17) is 0 Å². The number of aromatic hydroxyl groups is 3. The lowest BCUT2D eigenvalue weighted by molar-refractivity contribution is 0.458. The molecule has 5 heteroatoms. The molecule has 1 unspecified atom stereocenters. The molecule has 5 aromatic rings. The number of H-pyrrole nitrogens is 1. The van der Waals surface area contributed by atoms with E-state index in [1.807, 2.05) is 66.7 Å². The third-order valence-corrected chi connectivity index (χ3v) is 5.82. The molecule has 4 aromatic carbocycles. The van der Waals surface area contributed by atoms with Crippen molar-refractivity contribution in [2.24, 2.45) is 0 Å². The summed E-state index contributed by atoms with van der Waals surface area (Å²) in [6.45, 7) is 0. The first-order chi connectivity index (χ1) is 16.1. The van der Waals surface area contributed by atoms with Crippen molar-refractivity contribution in [3.05, 3.63) is 120 Å². The molecule has 0 amide bonds. The summed E-state index contributed by atoms with van der Waals surface area (Å²) in [5.41, 5.74) is 5.80. The molecular formula is C28H22N2O3. The van der Waals surface area contributed by atoms with Gasteiger partial charge in [0.1, 0.15) is 17.2 Å². The lowest BCUT2D eigenvalue weighted by atomic mass is 9.84. The summed E-state index contributed by atoms with van der Waals surface area (Å²) in [5, 5.41) is 31.4. The van der Waals surface area contributed by atoms with Gasteiger partial charge in [-0.1, -0.05) is 54.6 Å². The minimum atomic E-state index is -0.478. The van der Waals surface area contributed by atoms with Gasteiger partial charge in [-0.05, 0) is 58.7 Å². The van der Waals surface area contributed by atoms with Crippen molar-refractivity contribution in [3.63, 3.8) is 0 Å². The van der Waals surface area contributed by atoms with Gasteiger partial charge in [-0.25, -0.2) is 4.98 Å². The Balaban J connectivity index is 1.68. The molecule has 0 aliphatic rings. The highest BCUT2D eigenvalue weighted by Crippen LogP contribution is 2.42. The monoisotopic (exact) mass is 434 g/mol. The molecule has 0 aliphatic carbocycles. The van der Waals surface area contributed by atoms with Crippen LogP contribution in [0.3, 0.4) is 0 Å². The maximum atomic E-state index is 10.9. The summed E-state index contributed by atoms with van der Waals surface area (Å²) in [6.07, 6.45) is 3.28. The minimum absolute atomic E-state index is 0.113. The average molecular weight is 434 g/mol. The zero-order chi connectivity index (χ0) is 22.8. The third-order valence-electron chi connectivity index (χ3n) is 5.82. The van der Waals surface area contributed by atoms with Gasteiger partial charge < -0.3 is 20.3 Å². The van der Waals surface area contributed by atoms with Gasteiger partial charge in [0.25, 0.3) is 0 Å². The minimum Gasteiger partial charge on any atom is -0.508 e. The van der Waals surface area contributed by atoms with Crippen LogP contribution in [-0.4, -0.2) is 25.3 Å². The molecule has 0 bridgehead atoms. The van der Waals surface area contributed by atoms with Crippen LogP contribution in [0, 0.1) is 0 Å². The Kier molecular flexibility index (Phi) is 5.29. The summed E-state index contributed by atoms with van der Waals surface area (Å²) in [4.78, 5) is 7.33. The van der Waals surface area contributed by atoms with Gasteiger partial charge in [-0.2, -0.15) is 0 Å². The predicted molar refractivity (Wildman–Crippen MR) is 128 cm³/mol. The van der Waals surface area contributed by atoms with Crippen LogP contribution in [0.15, 0.2) is 104 Å². The quantitative estimate of drug-likeness (QED) is 0.271. The Morgan fingerprint density at radius 3 is 1.70 bits per heavy atom. The van der Waals surface area contributed by atoms with Crippen LogP contribution in [0.4, 0.5) is 0 Å². The first-order valence-electron chi connectivity index (χ1n) is 10.6. The number of nitrogens with zero attached hydrogens (tertiary/aromatic N) is 1. The summed E-state index contributed by atoms with van der Waals surface area (Å²) in [7, 11) is 0. The van der Waals surface area contributed by atoms with Gasteiger partial charge >= 0.3 is 0 Å². The topological polar surface area (TPSA) is 89.4 Å². The number of phenols is 3. The highest BCUT2D eigenvalue weighted by molar-refractivity contribution is 5.70. The Hall–Kier alpha value is -4.51. The number of rotatable bonds is 5. The van der Waals surface area contributed by atoms with E-state index < -0.39 is 5.92 Å². The second-order valence-corrected chi connectivity index (χ2v) is 7.90. The van der Waals surface area contributed by atoms with Crippen molar-refractivity contribution >= 4 is 0 Å². The molecule has 0 fully saturated rings. The van der Waals surface area contributed by atoms with E-state index in [0.717, 1.165) is 27.9 Å². The molecule has 33 heavy (non-hydrogen) atoms. The number of hydrogen-bond acceptors (Lipinski definition) is 4.